The number of anilines is 1. The predicted molar refractivity (Wildman–Crippen MR) is 40.3 cm³/mol. The van der Waals surface area contributed by atoms with E-state index in [9.17, 15) is 0 Å². The second-order valence-corrected chi connectivity index (χ2v) is 1.83. The third-order valence-electron chi connectivity index (χ3n) is 1.09. The normalized spacial score (nSPS) is 9.30. The fourth-order valence-electron chi connectivity index (χ4n) is 0.663. The molecule has 0 radical (unpaired) electrons. The molecule has 0 aliphatic heterocycles. The Morgan fingerprint density at radius 3 is 2.50 bits per heavy atom. The summed E-state index contributed by atoms with van der Waals surface area (Å²) in [6, 6.07) is 9.58. The molecule has 1 aromatic carbocycles. The van der Waals surface area contributed by atoms with Gasteiger partial charge in [0.2, 0.25) is 0 Å². The summed E-state index contributed by atoms with van der Waals surface area (Å²) in [7, 11) is 0. The molecule has 0 bridgehead atoms. The largest absolute Gasteiger partial charge is 0.380 e. The Morgan fingerprint density at radius 1 is 1.20 bits per heavy atom. The first kappa shape index (κ1) is 7.05. The van der Waals surface area contributed by atoms with Gasteiger partial charge in [0.15, 0.2) is 0 Å². The van der Waals surface area contributed by atoms with Gasteiger partial charge in [-0.05, 0) is 12.1 Å². The molecular formula is C7H10N2O. The predicted octanol–water partition coefficient (Wildman–Crippen LogP) is 0.553. The monoisotopic (exact) mass is 138 g/mol. The van der Waals surface area contributed by atoms with Crippen LogP contribution >= 0.6 is 0 Å². The van der Waals surface area contributed by atoms with Crippen molar-refractivity contribution in [1.29, 1.82) is 0 Å². The molecule has 0 aliphatic carbocycles. The summed E-state index contributed by atoms with van der Waals surface area (Å²) in [5.41, 5.74) is 6.31. The second kappa shape index (κ2) is 3.87. The molecule has 1 rings (SSSR count). The van der Waals surface area contributed by atoms with Crippen LogP contribution in [0.4, 0.5) is 5.69 Å². The first-order chi connectivity index (χ1) is 4.93. The molecule has 3 heteroatoms. The van der Waals surface area contributed by atoms with E-state index in [2.05, 4.69) is 10.9 Å². The number of hydrogen-bond donors (Lipinski definition) is 3. The molecule has 0 saturated carbocycles. The molecule has 0 heterocycles. The van der Waals surface area contributed by atoms with E-state index in [1.807, 2.05) is 30.3 Å². The number of nitrogens with one attached hydrogen (secondary N) is 2. The lowest BCUT2D eigenvalue weighted by molar-refractivity contribution is 0.272. The van der Waals surface area contributed by atoms with Crippen LogP contribution in [0.5, 0.6) is 0 Å². The van der Waals surface area contributed by atoms with Gasteiger partial charge in [-0.15, -0.1) is 0 Å². The Hall–Kier alpha value is -1.06. The molecule has 3 nitrogen and oxygen atoms in total. The van der Waals surface area contributed by atoms with E-state index in [1.54, 1.807) is 0 Å². The van der Waals surface area contributed by atoms with Gasteiger partial charge in [-0.1, -0.05) is 18.2 Å². The molecule has 0 spiro atoms. The highest BCUT2D eigenvalue weighted by Crippen LogP contribution is 2.01. The molecule has 0 fully saturated rings. The molecule has 0 saturated heterocycles. The van der Waals surface area contributed by atoms with Gasteiger partial charge in [0.1, 0.15) is 6.73 Å². The van der Waals surface area contributed by atoms with Crippen LogP contribution in [0.25, 0.3) is 0 Å². The number of aliphatic hydroxyl groups is 1. The van der Waals surface area contributed by atoms with Crippen LogP contribution in [-0.2, 0) is 0 Å². The number of hydrazine groups is 1. The third-order valence-corrected chi connectivity index (χ3v) is 1.09. The van der Waals surface area contributed by atoms with Gasteiger partial charge in [-0.3, -0.25) is 0 Å². The van der Waals surface area contributed by atoms with Crippen molar-refractivity contribution < 1.29 is 5.11 Å². The molecule has 3 N–H and O–H groups in total. The second-order valence-electron chi connectivity index (χ2n) is 1.83. The SMILES string of the molecule is OCNNc1ccccc1. The highest BCUT2D eigenvalue weighted by Gasteiger charge is 1.83. The van der Waals surface area contributed by atoms with E-state index < -0.39 is 0 Å². The topological polar surface area (TPSA) is 44.3 Å². The van der Waals surface area contributed by atoms with Crippen LogP contribution in [0.1, 0.15) is 0 Å². The summed E-state index contributed by atoms with van der Waals surface area (Å²) < 4.78 is 0. The van der Waals surface area contributed by atoms with Crippen LogP contribution in [-0.4, -0.2) is 11.8 Å². The number of para-hydroxylation sites is 1. The summed E-state index contributed by atoms with van der Waals surface area (Å²) in [6.45, 7) is -0.0745. The van der Waals surface area contributed by atoms with Crippen molar-refractivity contribution in [2.24, 2.45) is 0 Å². The number of benzene rings is 1. The summed E-state index contributed by atoms with van der Waals surface area (Å²) in [4.78, 5) is 0. The Labute approximate surface area is 59.7 Å². The molecule has 0 unspecified atom stereocenters. The minimum absolute atomic E-state index is 0.0745. The van der Waals surface area contributed by atoms with Gasteiger partial charge in [0.05, 0.1) is 0 Å². The van der Waals surface area contributed by atoms with Gasteiger partial charge < -0.3 is 10.5 Å². The van der Waals surface area contributed by atoms with E-state index in [0.717, 1.165) is 5.69 Å². The summed E-state index contributed by atoms with van der Waals surface area (Å²) in [6.07, 6.45) is 0. The van der Waals surface area contributed by atoms with Gasteiger partial charge >= 0.3 is 0 Å². The van der Waals surface area contributed by atoms with E-state index in [0.29, 0.717) is 0 Å². The highest BCUT2D eigenvalue weighted by atomic mass is 16.3. The van der Waals surface area contributed by atoms with Crippen molar-refractivity contribution in [3.05, 3.63) is 30.3 Å². The van der Waals surface area contributed by atoms with Crippen LogP contribution in [0.3, 0.4) is 0 Å². The molecule has 10 heavy (non-hydrogen) atoms. The molecule has 54 valence electrons. The molecule has 0 aromatic heterocycles. The Morgan fingerprint density at radius 2 is 1.90 bits per heavy atom. The fraction of sp³-hybridized carbons (Fsp3) is 0.143. The van der Waals surface area contributed by atoms with Gasteiger partial charge in [0.25, 0.3) is 0 Å². The van der Waals surface area contributed by atoms with E-state index in [1.165, 1.54) is 0 Å². The van der Waals surface area contributed by atoms with E-state index in [-0.39, 0.29) is 6.73 Å². The van der Waals surface area contributed by atoms with Crippen molar-refractivity contribution in [3.8, 4) is 0 Å². The standard InChI is InChI=1S/C7H10N2O/c10-6-8-9-7-4-2-1-3-5-7/h1-5,8-10H,6H2. The minimum Gasteiger partial charge on any atom is -0.380 e. The maximum atomic E-state index is 8.35. The lowest BCUT2D eigenvalue weighted by atomic mass is 10.3. The maximum Gasteiger partial charge on any atom is 0.110 e. The fourth-order valence-corrected chi connectivity index (χ4v) is 0.663. The van der Waals surface area contributed by atoms with E-state index in [4.69, 9.17) is 5.11 Å². The van der Waals surface area contributed by atoms with Crippen LogP contribution in [0, 0.1) is 0 Å². The lowest BCUT2D eigenvalue weighted by Crippen LogP contribution is -2.21. The van der Waals surface area contributed by atoms with Gasteiger partial charge in [-0.2, -0.15) is 0 Å². The first-order valence-electron chi connectivity index (χ1n) is 3.08. The number of rotatable bonds is 3. The average Bonchev–Trinajstić information content (AvgIpc) is 2.03. The smallest absolute Gasteiger partial charge is 0.110 e. The third kappa shape index (κ3) is 2.05. The quantitative estimate of drug-likeness (QED) is 0.422. The van der Waals surface area contributed by atoms with Crippen LogP contribution < -0.4 is 10.9 Å². The summed E-state index contributed by atoms with van der Waals surface area (Å²) >= 11 is 0. The Bertz CT molecular complexity index is 176. The molecule has 0 atom stereocenters. The zero-order valence-corrected chi connectivity index (χ0v) is 5.54. The van der Waals surface area contributed by atoms with Crippen molar-refractivity contribution in [2.75, 3.05) is 12.2 Å². The molecule has 1 aromatic rings. The van der Waals surface area contributed by atoms with Crippen LogP contribution in [0.2, 0.25) is 0 Å². The summed E-state index contributed by atoms with van der Waals surface area (Å²) in [5, 5.41) is 8.35. The van der Waals surface area contributed by atoms with Crippen molar-refractivity contribution in [3.63, 3.8) is 0 Å². The van der Waals surface area contributed by atoms with Gasteiger partial charge in [0, 0.05) is 5.69 Å². The van der Waals surface area contributed by atoms with Crippen molar-refractivity contribution in [1.82, 2.24) is 5.43 Å². The molecule has 0 amide bonds. The van der Waals surface area contributed by atoms with Crippen molar-refractivity contribution >= 4 is 5.69 Å². The maximum absolute atomic E-state index is 8.35. The summed E-state index contributed by atoms with van der Waals surface area (Å²) in [5.74, 6) is 0. The Balaban J connectivity index is 2.43. The molecular weight excluding hydrogens is 128 g/mol. The molecule has 0 aliphatic rings. The average molecular weight is 138 g/mol. The minimum atomic E-state index is -0.0745. The lowest BCUT2D eigenvalue weighted by Gasteiger charge is -2.03. The first-order valence-corrected chi connectivity index (χ1v) is 3.08. The van der Waals surface area contributed by atoms with Crippen LogP contribution in [0.15, 0.2) is 30.3 Å². The number of aliphatic hydroxyl groups excluding tert-OH is 1. The highest BCUT2D eigenvalue weighted by molar-refractivity contribution is 5.41. The number of hydrogen-bond acceptors (Lipinski definition) is 3. The van der Waals surface area contributed by atoms with E-state index >= 15 is 0 Å². The zero-order valence-electron chi connectivity index (χ0n) is 5.54. The van der Waals surface area contributed by atoms with Gasteiger partial charge in [-0.25, -0.2) is 5.43 Å². The van der Waals surface area contributed by atoms with Crippen molar-refractivity contribution in [2.45, 2.75) is 0 Å². The zero-order chi connectivity index (χ0) is 7.23. The Kier molecular flexibility index (Phi) is 2.73.